The molecule has 0 aliphatic rings. The highest BCUT2D eigenvalue weighted by Gasteiger charge is 2.34. The lowest BCUT2D eigenvalue weighted by Gasteiger charge is -2.28. The number of nitrogens with two attached hydrogens (primary N) is 2. The van der Waals surface area contributed by atoms with Crippen molar-refractivity contribution in [2.24, 2.45) is 5.73 Å². The number of anilines is 1. The van der Waals surface area contributed by atoms with Crippen LogP contribution in [0.3, 0.4) is 0 Å². The Morgan fingerprint density at radius 3 is 2.20 bits per heavy atom. The lowest BCUT2D eigenvalue weighted by molar-refractivity contribution is -0.144. The van der Waals surface area contributed by atoms with Crippen molar-refractivity contribution in [2.75, 3.05) is 12.8 Å². The Balaban J connectivity index is 2.20. The molecule has 0 radical (unpaired) electrons. The normalized spacial score (nSPS) is 12.3. The smallest absolute Gasteiger partial charge is 0.330 e. The molecule has 0 bridgehead atoms. The molecule has 2 aromatic rings. The Hall–Kier alpha value is -2.86. The van der Waals surface area contributed by atoms with Gasteiger partial charge in [0.15, 0.2) is 0 Å². The molecule has 0 saturated carbocycles. The van der Waals surface area contributed by atoms with E-state index in [1.165, 1.54) is 7.11 Å². The number of rotatable bonds is 5. The minimum Gasteiger partial charge on any atom is -0.467 e. The van der Waals surface area contributed by atoms with Crippen molar-refractivity contribution in [1.29, 1.82) is 0 Å². The molecule has 0 aliphatic carbocycles. The number of nitrogens with one attached hydrogen (secondary N) is 1. The molecule has 1 atom stereocenters. The van der Waals surface area contributed by atoms with Gasteiger partial charge in [-0.3, -0.25) is 4.79 Å². The van der Waals surface area contributed by atoms with Crippen molar-refractivity contribution < 1.29 is 14.3 Å². The van der Waals surface area contributed by atoms with Gasteiger partial charge in [-0.2, -0.15) is 0 Å². The van der Waals surface area contributed by atoms with E-state index in [4.69, 9.17) is 16.2 Å². The molecule has 0 aromatic heterocycles. The van der Waals surface area contributed by atoms with E-state index in [1.54, 1.807) is 38.1 Å². The third-order valence-electron chi connectivity index (χ3n) is 3.88. The van der Waals surface area contributed by atoms with Gasteiger partial charge in [-0.1, -0.05) is 30.3 Å². The minimum atomic E-state index is -0.957. The third kappa shape index (κ3) is 4.36. The summed E-state index contributed by atoms with van der Waals surface area (Å²) in [6.07, 6.45) is 0. The van der Waals surface area contributed by atoms with Crippen molar-refractivity contribution >= 4 is 17.6 Å². The number of nitrogen functional groups attached to an aromatic ring is 1. The van der Waals surface area contributed by atoms with Crippen LogP contribution in [0.4, 0.5) is 5.69 Å². The lowest BCUT2D eigenvalue weighted by atomic mass is 9.95. The molecular weight excluding hydrogens is 318 g/mol. The summed E-state index contributed by atoms with van der Waals surface area (Å²) in [4.78, 5) is 24.3. The number of methoxy groups -OCH3 is 1. The molecule has 6 nitrogen and oxygen atoms in total. The zero-order chi connectivity index (χ0) is 18.6. The summed E-state index contributed by atoms with van der Waals surface area (Å²) in [6, 6.07) is 13.5. The average molecular weight is 341 g/mol. The van der Waals surface area contributed by atoms with Crippen molar-refractivity contribution in [3.8, 4) is 11.1 Å². The van der Waals surface area contributed by atoms with E-state index in [-0.39, 0.29) is 0 Å². The standard InChI is InChI=1S/C19H23N3O3/c1-19(2,21)16(18(24)25-3)22-17(23)13-10-8-12(9-11-13)14-6-4-5-7-15(14)20/h4-11,16H,20-21H2,1-3H3,(H,22,23)/t16-/m1/s1. The number of carbonyl (C=O) groups excluding carboxylic acids is 2. The first-order valence-electron chi connectivity index (χ1n) is 7.86. The molecule has 6 heteroatoms. The molecule has 25 heavy (non-hydrogen) atoms. The Bertz CT molecular complexity index is 764. The van der Waals surface area contributed by atoms with Gasteiger partial charge in [0, 0.05) is 22.4 Å². The molecule has 2 rings (SSSR count). The van der Waals surface area contributed by atoms with E-state index in [9.17, 15) is 9.59 Å². The van der Waals surface area contributed by atoms with Crippen LogP contribution in [0.5, 0.6) is 0 Å². The number of esters is 1. The van der Waals surface area contributed by atoms with Crippen molar-refractivity contribution in [3.63, 3.8) is 0 Å². The summed E-state index contributed by atoms with van der Waals surface area (Å²) in [5, 5.41) is 2.63. The van der Waals surface area contributed by atoms with E-state index in [2.05, 4.69) is 5.32 Å². The number of para-hydroxylation sites is 1. The van der Waals surface area contributed by atoms with Gasteiger partial charge in [0.25, 0.3) is 5.91 Å². The van der Waals surface area contributed by atoms with Gasteiger partial charge in [-0.15, -0.1) is 0 Å². The van der Waals surface area contributed by atoms with Gasteiger partial charge < -0.3 is 21.5 Å². The first-order valence-corrected chi connectivity index (χ1v) is 7.86. The molecule has 0 fully saturated rings. The largest absolute Gasteiger partial charge is 0.467 e. The van der Waals surface area contributed by atoms with E-state index < -0.39 is 23.5 Å². The van der Waals surface area contributed by atoms with Crippen molar-refractivity contribution in [1.82, 2.24) is 5.32 Å². The van der Waals surface area contributed by atoms with Gasteiger partial charge in [-0.25, -0.2) is 4.79 Å². The molecule has 0 saturated heterocycles. The summed E-state index contributed by atoms with van der Waals surface area (Å²) in [5.41, 5.74) is 13.9. The number of hydrogen-bond donors (Lipinski definition) is 3. The van der Waals surface area contributed by atoms with Crippen LogP contribution in [0.15, 0.2) is 48.5 Å². The van der Waals surface area contributed by atoms with Crippen LogP contribution in [0.2, 0.25) is 0 Å². The first-order chi connectivity index (χ1) is 11.7. The third-order valence-corrected chi connectivity index (χ3v) is 3.88. The Morgan fingerprint density at radius 2 is 1.68 bits per heavy atom. The second-order valence-electron chi connectivity index (χ2n) is 6.42. The fourth-order valence-corrected chi connectivity index (χ4v) is 2.44. The maximum absolute atomic E-state index is 12.4. The zero-order valence-corrected chi connectivity index (χ0v) is 14.6. The molecule has 2 aromatic carbocycles. The lowest BCUT2D eigenvalue weighted by Crippen LogP contribution is -2.59. The van der Waals surface area contributed by atoms with Crippen LogP contribution < -0.4 is 16.8 Å². The topological polar surface area (TPSA) is 107 Å². The van der Waals surface area contributed by atoms with E-state index in [1.807, 2.05) is 24.3 Å². The number of benzene rings is 2. The average Bonchev–Trinajstić information content (AvgIpc) is 2.58. The maximum Gasteiger partial charge on any atom is 0.330 e. The molecule has 5 N–H and O–H groups in total. The maximum atomic E-state index is 12.4. The highest BCUT2D eigenvalue weighted by molar-refractivity contribution is 5.97. The molecule has 0 heterocycles. The number of carbonyl (C=O) groups is 2. The van der Waals surface area contributed by atoms with E-state index in [0.717, 1.165) is 11.1 Å². The quantitative estimate of drug-likeness (QED) is 0.569. The summed E-state index contributed by atoms with van der Waals surface area (Å²) < 4.78 is 4.72. The summed E-state index contributed by atoms with van der Waals surface area (Å²) in [5.74, 6) is -0.990. The number of hydrogen-bond acceptors (Lipinski definition) is 5. The second-order valence-corrected chi connectivity index (χ2v) is 6.42. The molecule has 0 spiro atoms. The van der Waals surface area contributed by atoms with Gasteiger partial charge >= 0.3 is 5.97 Å². The minimum absolute atomic E-state index is 0.401. The Labute approximate surface area is 147 Å². The molecular formula is C19H23N3O3. The summed E-state index contributed by atoms with van der Waals surface area (Å²) in [6.45, 7) is 3.30. The van der Waals surface area contributed by atoms with Crippen LogP contribution in [-0.2, 0) is 9.53 Å². The van der Waals surface area contributed by atoms with Gasteiger partial charge in [0.2, 0.25) is 0 Å². The fourth-order valence-electron chi connectivity index (χ4n) is 2.44. The Morgan fingerprint density at radius 1 is 1.08 bits per heavy atom. The number of ether oxygens (including phenoxy) is 1. The van der Waals surface area contributed by atoms with E-state index >= 15 is 0 Å². The van der Waals surface area contributed by atoms with E-state index in [0.29, 0.717) is 11.3 Å². The van der Waals surface area contributed by atoms with Gasteiger partial charge in [-0.05, 0) is 37.6 Å². The van der Waals surface area contributed by atoms with Crippen LogP contribution in [-0.4, -0.2) is 30.6 Å². The highest BCUT2D eigenvalue weighted by atomic mass is 16.5. The monoisotopic (exact) mass is 341 g/mol. The van der Waals surface area contributed by atoms with Gasteiger partial charge in [0.1, 0.15) is 6.04 Å². The van der Waals surface area contributed by atoms with Crippen molar-refractivity contribution in [3.05, 3.63) is 54.1 Å². The van der Waals surface area contributed by atoms with Crippen LogP contribution in [0.25, 0.3) is 11.1 Å². The summed E-state index contributed by atoms with van der Waals surface area (Å²) >= 11 is 0. The van der Waals surface area contributed by atoms with Crippen LogP contribution in [0, 0.1) is 0 Å². The predicted molar refractivity (Wildman–Crippen MR) is 97.8 cm³/mol. The fraction of sp³-hybridized carbons (Fsp3) is 0.263. The van der Waals surface area contributed by atoms with Crippen LogP contribution in [0.1, 0.15) is 24.2 Å². The molecule has 0 unspecified atom stereocenters. The predicted octanol–water partition coefficient (Wildman–Crippen LogP) is 1.94. The zero-order valence-electron chi connectivity index (χ0n) is 14.6. The highest BCUT2D eigenvalue weighted by Crippen LogP contribution is 2.25. The molecule has 132 valence electrons. The molecule has 1 amide bonds. The van der Waals surface area contributed by atoms with Crippen molar-refractivity contribution in [2.45, 2.75) is 25.4 Å². The van der Waals surface area contributed by atoms with Crippen LogP contribution >= 0.6 is 0 Å². The summed E-state index contributed by atoms with van der Waals surface area (Å²) in [7, 11) is 1.26. The second kappa shape index (κ2) is 7.36. The van der Waals surface area contributed by atoms with Gasteiger partial charge in [0.05, 0.1) is 7.11 Å². The SMILES string of the molecule is COC(=O)[C@@H](NC(=O)c1ccc(-c2ccccc2N)cc1)C(C)(C)N. The Kier molecular flexibility index (Phi) is 5.44. The number of amides is 1. The first kappa shape index (κ1) is 18.5. The molecule has 0 aliphatic heterocycles.